The molecule has 44 heavy (non-hydrogen) atoms. The molecule has 4 rings (SSSR count). The van der Waals surface area contributed by atoms with Crippen molar-refractivity contribution < 1.29 is 18.0 Å². The molecule has 10 heteroatoms. The summed E-state index contributed by atoms with van der Waals surface area (Å²) < 4.78 is 29.3. The molecule has 7 nitrogen and oxygen atoms in total. The van der Waals surface area contributed by atoms with E-state index in [9.17, 15) is 18.0 Å². The van der Waals surface area contributed by atoms with E-state index in [1.807, 2.05) is 26.0 Å². The minimum Gasteiger partial charge on any atom is -0.352 e. The summed E-state index contributed by atoms with van der Waals surface area (Å²) in [5, 5.41) is 3.82. The van der Waals surface area contributed by atoms with E-state index in [1.165, 1.54) is 4.90 Å². The van der Waals surface area contributed by atoms with Gasteiger partial charge in [-0.1, -0.05) is 92.7 Å². The highest BCUT2D eigenvalue weighted by molar-refractivity contribution is 7.92. The number of rotatable bonds is 12. The van der Waals surface area contributed by atoms with Crippen LogP contribution in [0.5, 0.6) is 0 Å². The fraction of sp³-hybridized carbons (Fsp3) is 0.412. The summed E-state index contributed by atoms with van der Waals surface area (Å²) in [4.78, 5) is 29.5. The van der Waals surface area contributed by atoms with Crippen molar-refractivity contribution in [3.63, 3.8) is 0 Å². The Balaban J connectivity index is 1.73. The van der Waals surface area contributed by atoms with E-state index >= 15 is 0 Å². The van der Waals surface area contributed by atoms with Gasteiger partial charge in [0.2, 0.25) is 11.8 Å². The van der Waals surface area contributed by atoms with Gasteiger partial charge in [-0.05, 0) is 79.6 Å². The average Bonchev–Trinajstić information content (AvgIpc) is 3.50. The summed E-state index contributed by atoms with van der Waals surface area (Å²) in [5.74, 6) is -0.506. The number of hydrogen-bond acceptors (Lipinski definition) is 4. The molecule has 1 saturated carbocycles. The van der Waals surface area contributed by atoms with E-state index in [2.05, 4.69) is 19.2 Å². The first-order valence-corrected chi connectivity index (χ1v) is 17.3. The molecule has 1 aliphatic rings. The molecule has 0 aromatic heterocycles. The largest absolute Gasteiger partial charge is 0.352 e. The van der Waals surface area contributed by atoms with E-state index in [4.69, 9.17) is 23.2 Å². The number of carbonyl (C=O) groups is 2. The smallest absolute Gasteiger partial charge is 0.264 e. The second kappa shape index (κ2) is 14.8. The molecule has 3 aromatic rings. The highest BCUT2D eigenvalue weighted by Crippen LogP contribution is 2.28. The maximum absolute atomic E-state index is 14.3. The SMILES string of the molecule is CCC(C(=O)NC1CCCC1)N(Cc1ccc(Cl)c(Cl)c1)C(=O)CN(c1ccc(C(C)C)cc1)S(=O)(=O)c1ccc(C)cc1. The highest BCUT2D eigenvalue weighted by atomic mass is 35.5. The molecular weight excluding hydrogens is 617 g/mol. The first kappa shape index (κ1) is 33.8. The van der Waals surface area contributed by atoms with Crippen LogP contribution in [0.4, 0.5) is 5.69 Å². The molecule has 0 aliphatic heterocycles. The van der Waals surface area contributed by atoms with Crippen molar-refractivity contribution in [1.29, 1.82) is 0 Å². The first-order chi connectivity index (χ1) is 20.9. The normalized spacial score (nSPS) is 14.4. The predicted molar refractivity (Wildman–Crippen MR) is 178 cm³/mol. The van der Waals surface area contributed by atoms with Crippen LogP contribution in [0.2, 0.25) is 10.0 Å². The Labute approximate surface area is 271 Å². The van der Waals surface area contributed by atoms with Gasteiger partial charge < -0.3 is 10.2 Å². The average molecular weight is 659 g/mol. The van der Waals surface area contributed by atoms with E-state index < -0.39 is 28.5 Å². The lowest BCUT2D eigenvalue weighted by Gasteiger charge is -2.34. The summed E-state index contributed by atoms with van der Waals surface area (Å²) in [5.41, 5.74) is 3.00. The molecule has 0 saturated heterocycles. The third kappa shape index (κ3) is 8.14. The zero-order chi connectivity index (χ0) is 32.0. The van der Waals surface area contributed by atoms with Crippen LogP contribution in [0.1, 0.15) is 75.5 Å². The van der Waals surface area contributed by atoms with Gasteiger partial charge in [0.05, 0.1) is 20.6 Å². The number of benzene rings is 3. The molecule has 1 aliphatic carbocycles. The van der Waals surface area contributed by atoms with Crippen molar-refractivity contribution in [3.05, 3.63) is 93.5 Å². The zero-order valence-electron chi connectivity index (χ0n) is 25.7. The number of amides is 2. The summed E-state index contributed by atoms with van der Waals surface area (Å²) in [7, 11) is -4.14. The van der Waals surface area contributed by atoms with Crippen molar-refractivity contribution in [2.45, 2.75) is 89.2 Å². The molecule has 236 valence electrons. The summed E-state index contributed by atoms with van der Waals surface area (Å²) >= 11 is 12.5. The van der Waals surface area contributed by atoms with Crippen LogP contribution < -0.4 is 9.62 Å². The van der Waals surface area contributed by atoms with Crippen LogP contribution in [0, 0.1) is 6.92 Å². The van der Waals surface area contributed by atoms with Gasteiger partial charge in [0.15, 0.2) is 0 Å². The van der Waals surface area contributed by atoms with Crippen LogP contribution in [0.3, 0.4) is 0 Å². The second-order valence-corrected chi connectivity index (χ2v) is 14.4. The number of anilines is 1. The predicted octanol–water partition coefficient (Wildman–Crippen LogP) is 7.49. The van der Waals surface area contributed by atoms with Crippen LogP contribution in [-0.4, -0.2) is 43.8 Å². The van der Waals surface area contributed by atoms with Crippen molar-refractivity contribution in [3.8, 4) is 0 Å². The highest BCUT2D eigenvalue weighted by Gasteiger charge is 2.34. The third-order valence-corrected chi connectivity index (χ3v) is 10.7. The summed E-state index contributed by atoms with van der Waals surface area (Å²) in [6, 6.07) is 18.1. The fourth-order valence-electron chi connectivity index (χ4n) is 5.51. The van der Waals surface area contributed by atoms with Crippen molar-refractivity contribution in [2.24, 2.45) is 0 Å². The minimum atomic E-state index is -4.14. The Bertz CT molecular complexity index is 1550. The second-order valence-electron chi connectivity index (χ2n) is 11.8. The van der Waals surface area contributed by atoms with Gasteiger partial charge in [0, 0.05) is 12.6 Å². The molecule has 0 bridgehead atoms. The number of halogens is 2. The third-order valence-electron chi connectivity index (χ3n) is 8.16. The van der Waals surface area contributed by atoms with Gasteiger partial charge in [0.1, 0.15) is 12.6 Å². The van der Waals surface area contributed by atoms with Gasteiger partial charge in [-0.3, -0.25) is 13.9 Å². The lowest BCUT2D eigenvalue weighted by Crippen LogP contribution is -2.53. The van der Waals surface area contributed by atoms with E-state index in [-0.39, 0.29) is 29.3 Å². The van der Waals surface area contributed by atoms with Crippen LogP contribution in [0.25, 0.3) is 0 Å². The Morgan fingerprint density at radius 3 is 2.14 bits per heavy atom. The van der Waals surface area contributed by atoms with Gasteiger partial charge in [0.25, 0.3) is 10.0 Å². The molecular formula is C34H41Cl2N3O4S. The van der Waals surface area contributed by atoms with Gasteiger partial charge in [-0.15, -0.1) is 0 Å². The molecule has 0 heterocycles. The van der Waals surface area contributed by atoms with Gasteiger partial charge in [-0.25, -0.2) is 8.42 Å². The lowest BCUT2D eigenvalue weighted by molar-refractivity contribution is -0.140. The van der Waals surface area contributed by atoms with Crippen LogP contribution in [0.15, 0.2) is 71.6 Å². The van der Waals surface area contributed by atoms with E-state index in [0.29, 0.717) is 27.7 Å². The maximum atomic E-state index is 14.3. The van der Waals surface area contributed by atoms with Crippen LogP contribution in [-0.2, 0) is 26.2 Å². The Kier molecular flexibility index (Phi) is 11.4. The zero-order valence-corrected chi connectivity index (χ0v) is 28.1. The van der Waals surface area contributed by atoms with Crippen molar-refractivity contribution >= 4 is 50.7 Å². The quantitative estimate of drug-likeness (QED) is 0.219. The monoisotopic (exact) mass is 657 g/mol. The van der Waals surface area contributed by atoms with Crippen molar-refractivity contribution in [2.75, 3.05) is 10.8 Å². The Morgan fingerprint density at radius 2 is 1.57 bits per heavy atom. The number of carbonyl (C=O) groups excluding carboxylic acids is 2. The molecule has 2 amide bonds. The number of nitrogens with zero attached hydrogens (tertiary/aromatic N) is 2. The number of sulfonamides is 1. The summed E-state index contributed by atoms with van der Waals surface area (Å²) in [6.45, 7) is 7.40. The Hall–Kier alpha value is -3.07. The first-order valence-electron chi connectivity index (χ1n) is 15.1. The molecule has 1 fully saturated rings. The number of nitrogens with one attached hydrogen (secondary N) is 1. The van der Waals surface area contributed by atoms with Gasteiger partial charge in [-0.2, -0.15) is 0 Å². The fourth-order valence-corrected chi connectivity index (χ4v) is 7.25. The topological polar surface area (TPSA) is 86.8 Å². The number of aryl methyl sites for hydroxylation is 1. The molecule has 0 spiro atoms. The van der Waals surface area contributed by atoms with E-state index in [1.54, 1.807) is 54.6 Å². The number of hydrogen-bond donors (Lipinski definition) is 1. The molecule has 0 radical (unpaired) electrons. The maximum Gasteiger partial charge on any atom is 0.264 e. The summed E-state index contributed by atoms with van der Waals surface area (Å²) in [6.07, 6.45) is 4.25. The molecule has 1 atom stereocenters. The minimum absolute atomic E-state index is 0.0526. The van der Waals surface area contributed by atoms with Crippen molar-refractivity contribution in [1.82, 2.24) is 10.2 Å². The molecule has 1 N–H and O–H groups in total. The molecule has 3 aromatic carbocycles. The Morgan fingerprint density at radius 1 is 0.932 bits per heavy atom. The van der Waals surface area contributed by atoms with Gasteiger partial charge >= 0.3 is 0 Å². The lowest BCUT2D eigenvalue weighted by atomic mass is 10.0. The standard InChI is InChI=1S/C34H41Cl2N3O4S/c1-5-32(34(41)37-27-8-6-7-9-27)38(21-25-12-19-30(35)31(36)20-25)33(40)22-39(28-15-13-26(14-16-28)23(2)3)44(42,43)29-17-10-24(4)11-18-29/h10-20,23,27,32H,5-9,21-22H2,1-4H3,(H,37,41). The van der Waals surface area contributed by atoms with Crippen LogP contribution >= 0.6 is 23.2 Å². The molecule has 1 unspecified atom stereocenters. The van der Waals surface area contributed by atoms with E-state index in [0.717, 1.165) is 41.1 Å².